The van der Waals surface area contributed by atoms with Crippen LogP contribution in [0, 0.1) is 90.8 Å². The van der Waals surface area contributed by atoms with Gasteiger partial charge in [-0.1, -0.05) is 135 Å². The summed E-state index contributed by atoms with van der Waals surface area (Å²) in [5, 5.41) is 76.6. The van der Waals surface area contributed by atoms with Gasteiger partial charge in [0, 0.05) is 52.0 Å². The molecule has 9 aliphatic carbocycles. The number of hydroxylamine groups is 6. The molecule has 608 valence electrons. The third-order valence-electron chi connectivity index (χ3n) is 28.2. The van der Waals surface area contributed by atoms with Gasteiger partial charge in [-0.15, -0.1) is 0 Å². The Morgan fingerprint density at radius 2 is 0.721 bits per heavy atom. The topological polar surface area (TPSA) is 314 Å². The molecule has 0 spiro atoms. The predicted molar refractivity (Wildman–Crippen MR) is 432 cm³/mol. The lowest BCUT2D eigenvalue weighted by atomic mass is 9.45. The van der Waals surface area contributed by atoms with Gasteiger partial charge in [0.05, 0.1) is 67.6 Å². The van der Waals surface area contributed by atoms with E-state index in [1.807, 2.05) is 66.7 Å². The Morgan fingerprint density at radius 3 is 0.964 bits per heavy atom. The van der Waals surface area contributed by atoms with Gasteiger partial charge in [-0.25, -0.2) is 16.8 Å². The minimum Gasteiger partial charge on any atom is -0.394 e. The number of aliphatic hydroxyl groups excluding tert-OH is 6. The first-order valence-electron chi connectivity index (χ1n) is 39.9. The molecule has 3 aliphatic heterocycles. The van der Waals surface area contributed by atoms with Crippen molar-refractivity contribution in [2.24, 2.45) is 87.3 Å². The molecule has 24 atom stereocenters. The largest absolute Gasteiger partial charge is 0.394 e. The molecule has 6 bridgehead atoms. The van der Waals surface area contributed by atoms with Gasteiger partial charge in [-0.3, -0.25) is 28.9 Å². The quantitative estimate of drug-likeness (QED) is 0.0291. The number of rotatable bonds is 22. The molecule has 12 aliphatic rings. The maximum absolute atomic E-state index is 13.8. The van der Waals surface area contributed by atoms with Crippen LogP contribution in [0.1, 0.15) is 138 Å². The van der Waals surface area contributed by atoms with E-state index in [0.717, 1.165) is 61.8 Å². The third-order valence-corrected chi connectivity index (χ3v) is 31.1. The number of nitrogens with one attached hydrogen (secondary N) is 3. The second-order valence-corrected chi connectivity index (χ2v) is 41.1. The van der Waals surface area contributed by atoms with Crippen LogP contribution in [0.15, 0.2) is 131 Å². The Kier molecular flexibility index (Phi) is 25.8. The highest BCUT2D eigenvalue weighted by atomic mass is 127. The lowest BCUT2D eigenvalue weighted by molar-refractivity contribution is -0.183. The molecule has 3 saturated heterocycles. The number of hydrogen-bond acceptors (Lipinski definition) is 19. The number of amides is 3. The van der Waals surface area contributed by atoms with Crippen molar-refractivity contribution in [1.82, 2.24) is 31.1 Å². The summed E-state index contributed by atoms with van der Waals surface area (Å²) in [5.41, 5.74) is 7.33. The van der Waals surface area contributed by atoms with Crippen molar-refractivity contribution in [2.45, 2.75) is 224 Å². The van der Waals surface area contributed by atoms with Crippen molar-refractivity contribution in [3.8, 4) is 22.3 Å². The zero-order valence-corrected chi connectivity index (χ0v) is 70.5. The number of hydrogen-bond donors (Lipinski definition) is 9. The smallest absolute Gasteiger partial charge is 0.240 e. The highest BCUT2D eigenvalue weighted by Gasteiger charge is 2.61. The van der Waals surface area contributed by atoms with Gasteiger partial charge in [0.25, 0.3) is 0 Å². The van der Waals surface area contributed by atoms with Crippen LogP contribution in [0.25, 0.3) is 22.3 Å². The summed E-state index contributed by atoms with van der Waals surface area (Å²) >= 11 is 2.27. The van der Waals surface area contributed by atoms with Crippen LogP contribution in [0.3, 0.4) is 0 Å². The fraction of sp³-hybridized carbons (Fsp3) is 0.616. The average Bonchev–Trinajstić information content (AvgIpc) is 1.73. The van der Waals surface area contributed by atoms with Crippen LogP contribution < -0.4 is 16.0 Å². The highest BCUT2D eigenvalue weighted by molar-refractivity contribution is 14.1. The molecule has 9 N–H and O–H groups in total. The average molecular weight is 1680 g/mol. The normalized spacial score (nSPS) is 33.9. The summed E-state index contributed by atoms with van der Waals surface area (Å²) in [7, 11) is -6.57. The van der Waals surface area contributed by atoms with Crippen molar-refractivity contribution in [2.75, 3.05) is 32.3 Å². The summed E-state index contributed by atoms with van der Waals surface area (Å²) in [4.78, 5) is 60.0. The van der Waals surface area contributed by atoms with Crippen molar-refractivity contribution in [1.29, 1.82) is 0 Å². The zero-order chi connectivity index (χ0) is 80.5. The van der Waals surface area contributed by atoms with E-state index in [9.17, 15) is 61.9 Å². The molecular weight excluding hydrogens is 1560 g/mol. The molecule has 0 radical (unpaired) electrons. The van der Waals surface area contributed by atoms with Gasteiger partial charge in [0.2, 0.25) is 17.7 Å². The molecule has 17 rings (SSSR count). The number of sulfone groups is 2. The van der Waals surface area contributed by atoms with Gasteiger partial charge < -0.3 is 46.6 Å². The van der Waals surface area contributed by atoms with E-state index < -0.39 is 92.2 Å². The number of fused-ring (bicyclic) bond motifs is 6. The van der Waals surface area contributed by atoms with Gasteiger partial charge in [-0.2, -0.15) is 15.2 Å². The van der Waals surface area contributed by atoms with E-state index in [1.54, 1.807) is 84.5 Å². The fourth-order valence-corrected chi connectivity index (χ4v) is 23.0. The molecule has 12 fully saturated rings. The molecule has 0 aromatic heterocycles. The second-order valence-electron chi connectivity index (χ2n) is 35.8. The molecule has 3 heterocycles. The molecule has 5 aromatic carbocycles. The molecule has 25 heteroatoms. The standard InChI is InChI=1S/2C31H42N2O6S.C24H35IN2O4/c2*1-18-25-14-23(31(25,3)4)15-26(18)32-30(36)29-28(19(2)35)27(17-34)39-33(29)16-20-7-6-8-22(13-20)21-9-11-24(12-10-21)40(5,37)38;1-13-18-9-16(24(18,3)4)10-19(13)26-23(30)22-21(14(2)29)20(12-28)31-27(22)11-15-6-5-7-17(25)8-15/h2*6-13,18-19,23,25-29,34-35H,14-17H2,1-5H3,(H,32,36);5-8,13-14,16,18-22,28-29H,9-12H2,1-4H3,(H,26,30)/t2*18-,19-,23+,25-,26-,27-,28+,29-;13-,14-,16+,18-,19-,20-,21+,22-/m000/s1. The van der Waals surface area contributed by atoms with E-state index in [2.05, 4.69) is 107 Å². The maximum atomic E-state index is 13.8. The first kappa shape index (κ1) is 85.0. The number of carbonyl (C=O) groups excluding carboxylic acids is 3. The molecule has 9 saturated carbocycles. The lowest BCUT2D eigenvalue weighted by Gasteiger charge is -2.62. The van der Waals surface area contributed by atoms with Crippen LogP contribution in [-0.4, -0.2) is 186 Å². The lowest BCUT2D eigenvalue weighted by Crippen LogP contribution is -2.62. The minimum atomic E-state index is -3.28. The summed E-state index contributed by atoms with van der Waals surface area (Å²) < 4.78 is 48.5. The number of carbonyl (C=O) groups is 3. The first-order valence-corrected chi connectivity index (χ1v) is 44.7. The second kappa shape index (κ2) is 33.7. The number of nitrogens with zero attached hydrogens (tertiary/aromatic N) is 3. The molecule has 111 heavy (non-hydrogen) atoms. The Morgan fingerprint density at radius 1 is 0.441 bits per heavy atom. The molecule has 5 aromatic rings. The van der Waals surface area contributed by atoms with Gasteiger partial charge in [0.1, 0.15) is 36.4 Å². The van der Waals surface area contributed by atoms with E-state index in [1.165, 1.54) is 31.8 Å². The molecule has 22 nitrogen and oxygen atoms in total. The zero-order valence-electron chi connectivity index (χ0n) is 66.7. The van der Waals surface area contributed by atoms with Crippen molar-refractivity contribution in [3.05, 3.63) is 142 Å². The van der Waals surface area contributed by atoms with Crippen LogP contribution >= 0.6 is 22.6 Å². The van der Waals surface area contributed by atoms with E-state index in [0.29, 0.717) is 76.1 Å². The highest BCUT2D eigenvalue weighted by Crippen LogP contribution is 2.63. The SMILES string of the molecule is C[C@@H]1[C@@H](NC(=O)[C@@H]2[C@H]([C@H](C)O)[C@H](CO)ON2Cc2cccc(-c3ccc(S(C)(=O)=O)cc3)c2)C[C@H]2C[C@@H]1C2(C)C.C[C@@H]1[C@@H](NC(=O)[C@@H]2[C@H]([C@H](C)O)[C@H](CO)ON2Cc2cccc(-c3ccc(S(C)(=O)=O)cc3)c2)C[C@H]2C[C@@H]1C2(C)C.C[C@@H]1[C@@H](NC(=O)[C@@H]2[C@H]([C@H](C)O)[C@H](CO)ON2Cc2cccc(I)c2)C[C@H]2C[C@@H]1C2(C)C. The van der Waals surface area contributed by atoms with E-state index in [-0.39, 0.29) is 78.5 Å². The number of aliphatic hydroxyl groups is 6. The summed E-state index contributed by atoms with van der Waals surface area (Å²) in [5.74, 6) is 2.70. The monoisotopic (exact) mass is 1680 g/mol. The fourth-order valence-electron chi connectivity index (χ4n) is 21.1. The van der Waals surface area contributed by atoms with Crippen molar-refractivity contribution in [3.63, 3.8) is 0 Å². The number of benzene rings is 5. The molecular formula is C86H119IN6O16S2. The van der Waals surface area contributed by atoms with Gasteiger partial charge >= 0.3 is 0 Å². The van der Waals surface area contributed by atoms with E-state index >= 15 is 0 Å². The Hall–Kier alpha value is -5.34. The van der Waals surface area contributed by atoms with E-state index in [4.69, 9.17) is 14.5 Å². The van der Waals surface area contributed by atoms with Crippen LogP contribution in [0.5, 0.6) is 0 Å². The number of halogens is 1. The summed E-state index contributed by atoms with van der Waals surface area (Å²) in [6.07, 6.45) is 4.50. The first-order chi connectivity index (χ1) is 52.2. The molecule has 0 unspecified atom stereocenters. The van der Waals surface area contributed by atoms with Gasteiger partial charge in [-0.05, 0) is 239 Å². The van der Waals surface area contributed by atoms with Crippen LogP contribution in [0.2, 0.25) is 0 Å². The summed E-state index contributed by atoms with van der Waals surface area (Å²) in [6, 6.07) is 35.2. The minimum absolute atomic E-state index is 0.0761. The molecule has 3 amide bonds. The Balaban J connectivity index is 0.000000156. The van der Waals surface area contributed by atoms with Gasteiger partial charge in [0.15, 0.2) is 19.7 Å². The maximum Gasteiger partial charge on any atom is 0.240 e. The Labute approximate surface area is 670 Å². The van der Waals surface area contributed by atoms with Crippen molar-refractivity contribution >= 4 is 60.0 Å². The predicted octanol–water partition coefficient (Wildman–Crippen LogP) is 9.79. The van der Waals surface area contributed by atoms with Crippen LogP contribution in [0.4, 0.5) is 0 Å². The third kappa shape index (κ3) is 17.6. The van der Waals surface area contributed by atoms with Crippen LogP contribution in [-0.2, 0) is 68.2 Å². The Bertz CT molecular complexity index is 4150. The summed E-state index contributed by atoms with van der Waals surface area (Å²) in [6.45, 7) is 25.8. The van der Waals surface area contributed by atoms with Crippen molar-refractivity contribution < 1.29 is 76.4 Å².